The fraction of sp³-hybridized carbons (Fsp3) is 0.458. The van der Waals surface area contributed by atoms with Gasteiger partial charge >= 0.3 is 0 Å². The Morgan fingerprint density at radius 1 is 1.13 bits per heavy atom. The molecular formula is C24H32N2O4S. The Morgan fingerprint density at radius 2 is 1.77 bits per heavy atom. The number of nitrogens with one attached hydrogen (secondary N) is 1. The van der Waals surface area contributed by atoms with Gasteiger partial charge < -0.3 is 10.1 Å². The number of carbonyl (C=O) groups is 1. The van der Waals surface area contributed by atoms with Gasteiger partial charge in [-0.15, -0.1) is 0 Å². The number of sulfonamides is 1. The lowest BCUT2D eigenvalue weighted by Crippen LogP contribution is -2.43. The Hall–Kier alpha value is -2.38. The van der Waals surface area contributed by atoms with Crippen LogP contribution >= 0.6 is 0 Å². The summed E-state index contributed by atoms with van der Waals surface area (Å²) in [5, 5.41) is 3.16. The molecule has 0 aromatic heterocycles. The van der Waals surface area contributed by atoms with Crippen LogP contribution in [0, 0.1) is 19.8 Å². The number of carbonyl (C=O) groups excluding carboxylic acids is 1. The standard InChI is InChI=1S/C24H32N2O4S/c1-5-22(20-8-11-23(30-4)18(3)16-20)25-24(27)19-12-14-26(15-13-19)31(28,29)21-9-6-17(2)7-10-21/h6-11,16,19,22H,5,12-15H2,1-4H3,(H,25,27)/t22-/m1/s1. The zero-order valence-electron chi connectivity index (χ0n) is 18.7. The molecule has 31 heavy (non-hydrogen) atoms. The summed E-state index contributed by atoms with van der Waals surface area (Å²) in [6, 6.07) is 12.8. The van der Waals surface area contributed by atoms with Crippen molar-refractivity contribution >= 4 is 15.9 Å². The third-order valence-corrected chi connectivity index (χ3v) is 7.94. The minimum Gasteiger partial charge on any atom is -0.496 e. The third-order valence-electron chi connectivity index (χ3n) is 6.03. The molecule has 1 atom stereocenters. The molecule has 0 aliphatic carbocycles. The van der Waals surface area contributed by atoms with E-state index >= 15 is 0 Å². The number of benzene rings is 2. The molecule has 7 heteroatoms. The molecular weight excluding hydrogens is 412 g/mol. The number of rotatable bonds is 7. The van der Waals surface area contributed by atoms with Gasteiger partial charge in [0.1, 0.15) is 5.75 Å². The Morgan fingerprint density at radius 3 is 2.32 bits per heavy atom. The number of ether oxygens (including phenoxy) is 1. The zero-order chi connectivity index (χ0) is 22.6. The Bertz CT molecular complexity index is 1010. The number of aryl methyl sites for hydroxylation is 2. The van der Waals surface area contributed by atoms with Crippen molar-refractivity contribution in [3.63, 3.8) is 0 Å². The highest BCUT2D eigenvalue weighted by atomic mass is 32.2. The van der Waals surface area contributed by atoms with E-state index in [1.54, 1.807) is 31.4 Å². The molecule has 6 nitrogen and oxygen atoms in total. The van der Waals surface area contributed by atoms with Gasteiger partial charge in [-0.2, -0.15) is 4.31 Å². The van der Waals surface area contributed by atoms with Crippen molar-refractivity contribution in [1.29, 1.82) is 0 Å². The molecule has 0 saturated carbocycles. The van der Waals surface area contributed by atoms with E-state index in [2.05, 4.69) is 5.32 Å². The van der Waals surface area contributed by atoms with Gasteiger partial charge in [-0.25, -0.2) is 8.42 Å². The van der Waals surface area contributed by atoms with Gasteiger partial charge in [-0.05, 0) is 62.4 Å². The summed E-state index contributed by atoms with van der Waals surface area (Å²) in [5.74, 6) is 0.637. The van der Waals surface area contributed by atoms with Crippen molar-refractivity contribution < 1.29 is 17.9 Å². The molecule has 0 spiro atoms. The normalized spacial score (nSPS) is 16.6. The molecule has 1 fully saturated rings. The first-order chi connectivity index (χ1) is 14.8. The van der Waals surface area contributed by atoms with E-state index in [0.717, 1.165) is 28.9 Å². The van der Waals surface area contributed by atoms with E-state index in [0.29, 0.717) is 30.8 Å². The maximum atomic E-state index is 12.9. The Kier molecular flexibility index (Phi) is 7.38. The van der Waals surface area contributed by atoms with E-state index in [-0.39, 0.29) is 17.9 Å². The van der Waals surface area contributed by atoms with Crippen LogP contribution in [0.2, 0.25) is 0 Å². The van der Waals surface area contributed by atoms with Gasteiger partial charge in [0.05, 0.1) is 18.0 Å². The predicted octanol–water partition coefficient (Wildman–Crippen LogP) is 3.98. The summed E-state index contributed by atoms with van der Waals surface area (Å²) in [6.07, 6.45) is 1.82. The SMILES string of the molecule is CC[C@@H](NC(=O)C1CCN(S(=O)(=O)c2ccc(C)cc2)CC1)c1ccc(OC)c(C)c1. The first kappa shape index (κ1) is 23.3. The molecule has 168 valence electrons. The van der Waals surface area contributed by atoms with Crippen molar-refractivity contribution in [1.82, 2.24) is 9.62 Å². The Balaban J connectivity index is 1.61. The molecule has 1 aliphatic rings. The second kappa shape index (κ2) is 9.83. The molecule has 1 amide bonds. The minimum absolute atomic E-state index is 0.00675. The fourth-order valence-electron chi connectivity index (χ4n) is 4.05. The lowest BCUT2D eigenvalue weighted by atomic mass is 9.95. The van der Waals surface area contributed by atoms with Crippen LogP contribution in [0.25, 0.3) is 0 Å². The highest BCUT2D eigenvalue weighted by Crippen LogP contribution is 2.27. The number of hydrogen-bond acceptors (Lipinski definition) is 4. The largest absolute Gasteiger partial charge is 0.496 e. The number of methoxy groups -OCH3 is 1. The highest BCUT2D eigenvalue weighted by Gasteiger charge is 2.32. The fourth-order valence-corrected chi connectivity index (χ4v) is 5.52. The molecule has 1 saturated heterocycles. The van der Waals surface area contributed by atoms with Crippen molar-refractivity contribution in [2.24, 2.45) is 5.92 Å². The van der Waals surface area contributed by atoms with Crippen molar-refractivity contribution in [2.75, 3.05) is 20.2 Å². The van der Waals surface area contributed by atoms with Gasteiger partial charge in [0.15, 0.2) is 0 Å². The van der Waals surface area contributed by atoms with Crippen molar-refractivity contribution in [3.05, 3.63) is 59.2 Å². The molecule has 0 bridgehead atoms. The number of amides is 1. The molecule has 0 radical (unpaired) electrons. The first-order valence-corrected chi connectivity index (χ1v) is 12.2. The summed E-state index contributed by atoms with van der Waals surface area (Å²) in [5.41, 5.74) is 3.10. The predicted molar refractivity (Wildman–Crippen MR) is 122 cm³/mol. The van der Waals surface area contributed by atoms with Gasteiger partial charge in [-0.1, -0.05) is 36.8 Å². The number of nitrogens with zero attached hydrogens (tertiary/aromatic N) is 1. The van der Waals surface area contributed by atoms with Crippen LogP contribution in [0.1, 0.15) is 48.9 Å². The van der Waals surface area contributed by atoms with Crippen LogP contribution in [0.5, 0.6) is 5.75 Å². The smallest absolute Gasteiger partial charge is 0.243 e. The van der Waals surface area contributed by atoms with E-state index in [9.17, 15) is 13.2 Å². The molecule has 1 aliphatic heterocycles. The number of piperidine rings is 1. The minimum atomic E-state index is -3.52. The molecule has 2 aromatic rings. The van der Waals surface area contributed by atoms with Crippen LogP contribution in [-0.4, -0.2) is 38.8 Å². The van der Waals surface area contributed by atoms with E-state index in [1.165, 1.54) is 4.31 Å². The van der Waals surface area contributed by atoms with Crippen LogP contribution in [0.4, 0.5) is 0 Å². The summed E-state index contributed by atoms with van der Waals surface area (Å²) < 4.78 is 32.6. The topological polar surface area (TPSA) is 75.7 Å². The number of hydrogen-bond donors (Lipinski definition) is 1. The summed E-state index contributed by atoms with van der Waals surface area (Å²) in [6.45, 7) is 6.67. The molecule has 1 N–H and O–H groups in total. The van der Waals surface area contributed by atoms with Gasteiger partial charge in [0.2, 0.25) is 15.9 Å². The summed E-state index contributed by atoms with van der Waals surface area (Å²) in [7, 11) is -1.87. The van der Waals surface area contributed by atoms with Gasteiger partial charge in [-0.3, -0.25) is 4.79 Å². The van der Waals surface area contributed by atoms with E-state index < -0.39 is 10.0 Å². The lowest BCUT2D eigenvalue weighted by molar-refractivity contribution is -0.126. The first-order valence-electron chi connectivity index (χ1n) is 10.8. The van der Waals surface area contributed by atoms with E-state index in [1.807, 2.05) is 39.0 Å². The second-order valence-corrected chi connectivity index (χ2v) is 10.1. The molecule has 2 aromatic carbocycles. The van der Waals surface area contributed by atoms with Crippen LogP contribution in [0.15, 0.2) is 47.4 Å². The molecule has 0 unspecified atom stereocenters. The van der Waals surface area contributed by atoms with Crippen LogP contribution in [0.3, 0.4) is 0 Å². The molecule has 3 rings (SSSR count). The molecule has 1 heterocycles. The summed E-state index contributed by atoms with van der Waals surface area (Å²) >= 11 is 0. The second-order valence-electron chi connectivity index (χ2n) is 8.19. The average Bonchev–Trinajstić information content (AvgIpc) is 2.77. The van der Waals surface area contributed by atoms with Gasteiger partial charge in [0, 0.05) is 19.0 Å². The maximum absolute atomic E-state index is 12.9. The highest BCUT2D eigenvalue weighted by molar-refractivity contribution is 7.89. The quantitative estimate of drug-likeness (QED) is 0.701. The Labute approximate surface area is 185 Å². The summed E-state index contributed by atoms with van der Waals surface area (Å²) in [4.78, 5) is 13.2. The lowest BCUT2D eigenvalue weighted by Gasteiger charge is -2.31. The zero-order valence-corrected chi connectivity index (χ0v) is 19.5. The van der Waals surface area contributed by atoms with Crippen LogP contribution < -0.4 is 10.1 Å². The monoisotopic (exact) mass is 444 g/mol. The van der Waals surface area contributed by atoms with Crippen molar-refractivity contribution in [3.8, 4) is 5.75 Å². The maximum Gasteiger partial charge on any atom is 0.243 e. The van der Waals surface area contributed by atoms with Gasteiger partial charge in [0.25, 0.3) is 0 Å². The van der Waals surface area contributed by atoms with E-state index in [4.69, 9.17) is 4.74 Å². The third kappa shape index (κ3) is 5.28. The average molecular weight is 445 g/mol. The van der Waals surface area contributed by atoms with Crippen LogP contribution in [-0.2, 0) is 14.8 Å². The van der Waals surface area contributed by atoms with Crippen molar-refractivity contribution in [2.45, 2.75) is 51.0 Å².